The van der Waals surface area contributed by atoms with Crippen LogP contribution in [0.3, 0.4) is 0 Å². The molecule has 1 amide bonds. The number of alkyl halides is 3. The van der Waals surface area contributed by atoms with Crippen LogP contribution in [-0.2, 0) is 11.6 Å². The monoisotopic (exact) mass is 370 g/mol. The number of carbonyl (C=O) groups excluding carboxylic acids is 1. The smallest absolute Gasteiger partial charge is 0.351 e. The highest BCUT2D eigenvalue weighted by molar-refractivity contribution is 6.31. The van der Waals surface area contributed by atoms with Gasteiger partial charge in [-0.05, 0) is 30.7 Å². The first-order valence-electron chi connectivity index (χ1n) is 7.59. The van der Waals surface area contributed by atoms with Crippen molar-refractivity contribution in [3.63, 3.8) is 0 Å². The standard InChI is InChI=1S/C18H18ClF3N2O/c1-11-8-14(19)15(23-9-11)17(2,3)10-24-16(25)12-6-4-5-7-13(12)18(20,21)22/h4-9H,10H2,1-3H3,(H,24,25). The maximum absolute atomic E-state index is 13.0. The van der Waals surface area contributed by atoms with Crippen molar-refractivity contribution in [1.82, 2.24) is 10.3 Å². The zero-order chi connectivity index (χ0) is 18.8. The van der Waals surface area contributed by atoms with Gasteiger partial charge in [-0.25, -0.2) is 0 Å². The van der Waals surface area contributed by atoms with Crippen LogP contribution < -0.4 is 5.32 Å². The molecule has 1 heterocycles. The maximum Gasteiger partial charge on any atom is 0.417 e. The minimum atomic E-state index is -4.59. The first kappa shape index (κ1) is 19.2. The number of halogens is 4. The lowest BCUT2D eigenvalue weighted by Crippen LogP contribution is -2.38. The third-order valence-corrected chi connectivity index (χ3v) is 4.08. The van der Waals surface area contributed by atoms with Crippen LogP contribution in [0.15, 0.2) is 36.5 Å². The van der Waals surface area contributed by atoms with Crippen molar-refractivity contribution in [3.05, 3.63) is 63.9 Å². The molecule has 0 unspecified atom stereocenters. The van der Waals surface area contributed by atoms with Crippen LogP contribution in [0, 0.1) is 6.92 Å². The number of benzene rings is 1. The van der Waals surface area contributed by atoms with Crippen LogP contribution in [-0.4, -0.2) is 17.4 Å². The molecule has 134 valence electrons. The Bertz CT molecular complexity index is 788. The van der Waals surface area contributed by atoms with E-state index >= 15 is 0 Å². The molecule has 0 bridgehead atoms. The second kappa shape index (κ2) is 7.04. The average Bonchev–Trinajstić information content (AvgIpc) is 2.51. The molecule has 0 saturated heterocycles. The Morgan fingerprint density at radius 3 is 2.48 bits per heavy atom. The fourth-order valence-electron chi connectivity index (χ4n) is 2.44. The quantitative estimate of drug-likeness (QED) is 0.842. The minimum absolute atomic E-state index is 0.0911. The highest BCUT2D eigenvalue weighted by atomic mass is 35.5. The second-order valence-corrected chi connectivity index (χ2v) is 6.86. The average molecular weight is 371 g/mol. The van der Waals surface area contributed by atoms with Gasteiger partial charge in [-0.1, -0.05) is 37.6 Å². The van der Waals surface area contributed by atoms with Crippen molar-refractivity contribution in [3.8, 4) is 0 Å². The molecule has 0 atom stereocenters. The highest BCUT2D eigenvalue weighted by Gasteiger charge is 2.35. The molecule has 25 heavy (non-hydrogen) atoms. The van der Waals surface area contributed by atoms with E-state index in [0.717, 1.165) is 17.7 Å². The van der Waals surface area contributed by atoms with Crippen LogP contribution >= 0.6 is 11.6 Å². The molecule has 2 rings (SSSR count). The Kier molecular flexibility index (Phi) is 5.42. The number of hydrogen-bond acceptors (Lipinski definition) is 2. The van der Waals surface area contributed by atoms with Gasteiger partial charge in [0.1, 0.15) is 0 Å². The molecule has 0 spiro atoms. The summed E-state index contributed by atoms with van der Waals surface area (Å²) < 4.78 is 39.1. The largest absolute Gasteiger partial charge is 0.417 e. The summed E-state index contributed by atoms with van der Waals surface area (Å²) in [7, 11) is 0. The van der Waals surface area contributed by atoms with E-state index in [1.165, 1.54) is 12.1 Å². The third-order valence-electron chi connectivity index (χ3n) is 3.79. The van der Waals surface area contributed by atoms with Gasteiger partial charge in [-0.3, -0.25) is 9.78 Å². The predicted octanol–water partition coefficient (Wildman–Crippen LogP) is 4.77. The van der Waals surface area contributed by atoms with E-state index in [-0.39, 0.29) is 6.54 Å². The number of rotatable bonds is 4. The number of aromatic nitrogens is 1. The number of aryl methyl sites for hydroxylation is 1. The molecule has 0 saturated carbocycles. The van der Waals surface area contributed by atoms with Crippen molar-refractivity contribution >= 4 is 17.5 Å². The van der Waals surface area contributed by atoms with E-state index in [9.17, 15) is 18.0 Å². The van der Waals surface area contributed by atoms with Gasteiger partial charge in [0.25, 0.3) is 5.91 Å². The van der Waals surface area contributed by atoms with Crippen molar-refractivity contribution in [1.29, 1.82) is 0 Å². The summed E-state index contributed by atoms with van der Waals surface area (Å²) in [5.74, 6) is -0.788. The zero-order valence-electron chi connectivity index (χ0n) is 14.0. The topological polar surface area (TPSA) is 42.0 Å². The van der Waals surface area contributed by atoms with E-state index in [1.807, 2.05) is 20.8 Å². The number of nitrogens with one attached hydrogen (secondary N) is 1. The van der Waals surface area contributed by atoms with E-state index in [2.05, 4.69) is 10.3 Å². The predicted molar refractivity (Wildman–Crippen MR) is 90.8 cm³/mol. The number of hydrogen-bond donors (Lipinski definition) is 1. The summed E-state index contributed by atoms with van der Waals surface area (Å²) in [6.07, 6.45) is -2.94. The van der Waals surface area contributed by atoms with Crippen LogP contribution in [0.1, 0.15) is 41.0 Å². The Balaban J connectivity index is 2.20. The molecule has 0 radical (unpaired) electrons. The van der Waals surface area contributed by atoms with Crippen LogP contribution in [0.5, 0.6) is 0 Å². The van der Waals surface area contributed by atoms with Gasteiger partial charge < -0.3 is 5.32 Å². The van der Waals surface area contributed by atoms with Crippen LogP contribution in [0.25, 0.3) is 0 Å². The number of amides is 1. The molecule has 0 aliphatic heterocycles. The van der Waals surface area contributed by atoms with Crippen molar-refractivity contribution in [2.24, 2.45) is 0 Å². The number of nitrogens with zero attached hydrogens (tertiary/aromatic N) is 1. The maximum atomic E-state index is 13.0. The third kappa shape index (κ3) is 4.51. The van der Waals surface area contributed by atoms with E-state index in [1.54, 1.807) is 12.3 Å². The lowest BCUT2D eigenvalue weighted by Gasteiger charge is -2.26. The normalized spacial score (nSPS) is 12.1. The van der Waals surface area contributed by atoms with E-state index in [4.69, 9.17) is 11.6 Å². The van der Waals surface area contributed by atoms with Crippen molar-refractivity contribution in [2.75, 3.05) is 6.54 Å². The molecule has 1 aromatic carbocycles. The highest BCUT2D eigenvalue weighted by Crippen LogP contribution is 2.32. The van der Waals surface area contributed by atoms with Gasteiger partial charge in [0.15, 0.2) is 0 Å². The molecule has 3 nitrogen and oxygen atoms in total. The van der Waals surface area contributed by atoms with Crippen LogP contribution in [0.2, 0.25) is 5.02 Å². The fourth-order valence-corrected chi connectivity index (χ4v) is 2.92. The lowest BCUT2D eigenvalue weighted by molar-refractivity contribution is -0.137. The van der Waals surface area contributed by atoms with E-state index in [0.29, 0.717) is 10.7 Å². The van der Waals surface area contributed by atoms with Gasteiger partial charge in [0, 0.05) is 18.2 Å². The van der Waals surface area contributed by atoms with Crippen molar-refractivity contribution < 1.29 is 18.0 Å². The Morgan fingerprint density at radius 2 is 1.88 bits per heavy atom. The van der Waals surface area contributed by atoms with Gasteiger partial charge in [0.2, 0.25) is 0 Å². The summed E-state index contributed by atoms with van der Waals surface area (Å²) in [6.45, 7) is 5.57. The molecular weight excluding hydrogens is 353 g/mol. The Morgan fingerprint density at radius 1 is 1.24 bits per heavy atom. The summed E-state index contributed by atoms with van der Waals surface area (Å²) in [5.41, 5.74) is -0.546. The molecule has 7 heteroatoms. The van der Waals surface area contributed by atoms with Crippen LogP contribution in [0.4, 0.5) is 13.2 Å². The zero-order valence-corrected chi connectivity index (χ0v) is 14.8. The molecule has 1 aromatic heterocycles. The molecule has 0 fully saturated rings. The van der Waals surface area contributed by atoms with Gasteiger partial charge in [0.05, 0.1) is 21.8 Å². The summed E-state index contributed by atoms with van der Waals surface area (Å²) >= 11 is 6.21. The molecule has 1 N–H and O–H groups in total. The second-order valence-electron chi connectivity index (χ2n) is 6.45. The SMILES string of the molecule is Cc1cnc(C(C)(C)CNC(=O)c2ccccc2C(F)(F)F)c(Cl)c1. The molecular formula is C18H18ClF3N2O. The first-order valence-corrected chi connectivity index (χ1v) is 7.97. The molecule has 2 aromatic rings. The first-order chi connectivity index (χ1) is 11.5. The summed E-state index contributed by atoms with van der Waals surface area (Å²) in [4.78, 5) is 16.6. The Hall–Kier alpha value is -2.08. The lowest BCUT2D eigenvalue weighted by atomic mass is 9.88. The summed E-state index contributed by atoms with van der Waals surface area (Å²) in [6, 6.07) is 6.44. The number of pyridine rings is 1. The fraction of sp³-hybridized carbons (Fsp3) is 0.333. The number of carbonyl (C=O) groups is 1. The Labute approximate surface area is 149 Å². The summed E-state index contributed by atoms with van der Waals surface area (Å²) in [5, 5.41) is 3.01. The molecule has 0 aliphatic rings. The van der Waals surface area contributed by atoms with Gasteiger partial charge in [-0.2, -0.15) is 13.2 Å². The van der Waals surface area contributed by atoms with Crippen molar-refractivity contribution in [2.45, 2.75) is 32.4 Å². The van der Waals surface area contributed by atoms with Gasteiger partial charge >= 0.3 is 6.18 Å². The minimum Gasteiger partial charge on any atom is -0.351 e. The molecule has 0 aliphatic carbocycles. The van der Waals surface area contributed by atoms with Gasteiger partial charge in [-0.15, -0.1) is 0 Å². The van der Waals surface area contributed by atoms with E-state index < -0.39 is 28.6 Å².